The van der Waals surface area contributed by atoms with Gasteiger partial charge in [0.15, 0.2) is 0 Å². The van der Waals surface area contributed by atoms with Gasteiger partial charge in [-0.05, 0) is 31.9 Å². The molecule has 1 aromatic rings. The lowest BCUT2D eigenvalue weighted by Crippen LogP contribution is -2.51. The number of anilines is 1. The third kappa shape index (κ3) is 1.30. The largest absolute Gasteiger partial charge is 0.324 e. The minimum atomic E-state index is -0.684. The average Bonchev–Trinajstić information content (AvgIpc) is 2.69. The van der Waals surface area contributed by atoms with Crippen LogP contribution in [0.1, 0.15) is 30.1 Å². The molecule has 0 spiro atoms. The summed E-state index contributed by atoms with van der Waals surface area (Å²) in [5, 5.41) is 2.86. The van der Waals surface area contributed by atoms with Gasteiger partial charge in [-0.2, -0.15) is 0 Å². The van der Waals surface area contributed by atoms with Crippen molar-refractivity contribution >= 4 is 17.5 Å². The molecule has 1 atom stereocenters. The molecule has 0 aliphatic carbocycles. The van der Waals surface area contributed by atoms with E-state index in [1.54, 1.807) is 17.0 Å². The van der Waals surface area contributed by atoms with Gasteiger partial charge in [0.2, 0.25) is 5.91 Å². The van der Waals surface area contributed by atoms with Crippen molar-refractivity contribution in [3.05, 3.63) is 29.8 Å². The molecule has 2 aliphatic heterocycles. The van der Waals surface area contributed by atoms with Crippen molar-refractivity contribution in [2.75, 3.05) is 11.9 Å². The Balaban J connectivity index is 2.16. The normalized spacial score (nSPS) is 27.2. The van der Waals surface area contributed by atoms with Crippen LogP contribution in [-0.2, 0) is 4.79 Å². The quantitative estimate of drug-likeness (QED) is 0.736. The summed E-state index contributed by atoms with van der Waals surface area (Å²) in [5.74, 6) is -0.118. The van der Waals surface area contributed by atoms with E-state index in [1.165, 1.54) is 0 Å². The van der Waals surface area contributed by atoms with Gasteiger partial charge in [0.25, 0.3) is 5.91 Å². The van der Waals surface area contributed by atoms with Gasteiger partial charge >= 0.3 is 0 Å². The number of fused-ring (bicyclic) bond motifs is 2. The summed E-state index contributed by atoms with van der Waals surface area (Å²) in [6, 6.07) is 7.19. The minimum absolute atomic E-state index is 0.0426. The van der Waals surface area contributed by atoms with Crippen molar-refractivity contribution in [1.29, 1.82) is 0 Å². The molecule has 1 saturated heterocycles. The van der Waals surface area contributed by atoms with Crippen molar-refractivity contribution < 1.29 is 9.59 Å². The van der Waals surface area contributed by atoms with Crippen LogP contribution in [-0.4, -0.2) is 28.8 Å². The van der Waals surface area contributed by atoms with Crippen LogP contribution in [0.4, 0.5) is 5.69 Å². The Kier molecular flexibility index (Phi) is 2.02. The lowest BCUT2D eigenvalue weighted by atomic mass is 9.98. The number of hydrogen-bond acceptors (Lipinski definition) is 2. The van der Waals surface area contributed by atoms with Gasteiger partial charge in [-0.3, -0.25) is 9.59 Å². The van der Waals surface area contributed by atoms with Crippen LogP contribution < -0.4 is 5.32 Å². The number of carbonyl (C=O) groups is 2. The molecule has 2 heterocycles. The van der Waals surface area contributed by atoms with Crippen LogP contribution in [0.2, 0.25) is 0 Å². The Morgan fingerprint density at radius 2 is 2.06 bits per heavy atom. The predicted molar refractivity (Wildman–Crippen MR) is 63.7 cm³/mol. The smallest absolute Gasteiger partial charge is 0.256 e. The van der Waals surface area contributed by atoms with Gasteiger partial charge in [0, 0.05) is 6.54 Å². The highest BCUT2D eigenvalue weighted by Crippen LogP contribution is 2.35. The standard InChI is InChI=1S/C13H14N2O2/c1-13-7-4-8-15(13)11(16)9-5-2-3-6-10(9)14-12(13)17/h2-3,5-6H,4,7-8H2,1H3,(H,14,17)/t13-/m0/s1. The Morgan fingerprint density at radius 3 is 2.88 bits per heavy atom. The van der Waals surface area contributed by atoms with E-state index in [0.717, 1.165) is 12.8 Å². The number of carbonyl (C=O) groups excluding carboxylic acids is 2. The Hall–Kier alpha value is -1.84. The zero-order chi connectivity index (χ0) is 12.0. The van der Waals surface area contributed by atoms with Crippen LogP contribution >= 0.6 is 0 Å². The second kappa shape index (κ2) is 3.32. The van der Waals surface area contributed by atoms with Crippen molar-refractivity contribution in [3.8, 4) is 0 Å². The van der Waals surface area contributed by atoms with Crippen LogP contribution in [0.5, 0.6) is 0 Å². The second-order valence-corrected chi connectivity index (χ2v) is 4.83. The molecule has 1 fully saturated rings. The molecule has 4 heteroatoms. The van der Waals surface area contributed by atoms with E-state index in [1.807, 2.05) is 19.1 Å². The molecule has 1 aromatic carbocycles. The molecule has 0 saturated carbocycles. The van der Waals surface area contributed by atoms with Crippen molar-refractivity contribution in [3.63, 3.8) is 0 Å². The van der Waals surface area contributed by atoms with E-state index in [2.05, 4.69) is 5.32 Å². The number of para-hydroxylation sites is 1. The van der Waals surface area contributed by atoms with E-state index in [4.69, 9.17) is 0 Å². The number of nitrogens with zero attached hydrogens (tertiary/aromatic N) is 1. The van der Waals surface area contributed by atoms with Crippen LogP contribution in [0.15, 0.2) is 24.3 Å². The van der Waals surface area contributed by atoms with Gasteiger partial charge in [-0.15, -0.1) is 0 Å². The monoisotopic (exact) mass is 230 g/mol. The fraction of sp³-hybridized carbons (Fsp3) is 0.385. The molecular weight excluding hydrogens is 216 g/mol. The molecule has 0 radical (unpaired) electrons. The molecule has 2 amide bonds. The zero-order valence-corrected chi connectivity index (χ0v) is 9.69. The first-order valence-corrected chi connectivity index (χ1v) is 5.85. The summed E-state index contributed by atoms with van der Waals surface area (Å²) < 4.78 is 0. The molecular formula is C13H14N2O2. The molecule has 0 unspecified atom stereocenters. The molecule has 3 rings (SSSR count). The fourth-order valence-corrected chi connectivity index (χ4v) is 2.71. The predicted octanol–water partition coefficient (Wildman–Crippen LogP) is 1.63. The molecule has 1 N–H and O–H groups in total. The maximum absolute atomic E-state index is 12.4. The van der Waals surface area contributed by atoms with Crippen molar-refractivity contribution in [2.45, 2.75) is 25.3 Å². The van der Waals surface area contributed by atoms with E-state index in [0.29, 0.717) is 17.8 Å². The third-order valence-electron chi connectivity index (χ3n) is 3.78. The molecule has 0 bridgehead atoms. The van der Waals surface area contributed by atoms with Crippen LogP contribution in [0.3, 0.4) is 0 Å². The highest BCUT2D eigenvalue weighted by molar-refractivity contribution is 6.11. The summed E-state index contributed by atoms with van der Waals surface area (Å²) in [6.07, 6.45) is 1.62. The van der Waals surface area contributed by atoms with E-state index in [-0.39, 0.29) is 11.8 Å². The highest BCUT2D eigenvalue weighted by Gasteiger charge is 2.48. The SMILES string of the molecule is C[C@@]12CCCN1C(=O)c1ccccc1NC2=O. The summed E-state index contributed by atoms with van der Waals surface area (Å²) in [6.45, 7) is 2.51. The van der Waals surface area contributed by atoms with Gasteiger partial charge in [0.05, 0.1) is 11.3 Å². The Labute approximate surface area is 99.6 Å². The van der Waals surface area contributed by atoms with Crippen molar-refractivity contribution in [1.82, 2.24) is 4.90 Å². The maximum Gasteiger partial charge on any atom is 0.256 e. The molecule has 17 heavy (non-hydrogen) atoms. The first-order chi connectivity index (χ1) is 8.13. The number of amides is 2. The molecule has 2 aliphatic rings. The second-order valence-electron chi connectivity index (χ2n) is 4.83. The zero-order valence-electron chi connectivity index (χ0n) is 9.69. The van der Waals surface area contributed by atoms with Gasteiger partial charge in [0.1, 0.15) is 5.54 Å². The number of hydrogen-bond donors (Lipinski definition) is 1. The maximum atomic E-state index is 12.4. The molecule has 88 valence electrons. The number of benzene rings is 1. The average molecular weight is 230 g/mol. The Morgan fingerprint density at radius 1 is 1.29 bits per heavy atom. The number of rotatable bonds is 0. The van der Waals surface area contributed by atoms with Gasteiger partial charge in [-0.25, -0.2) is 0 Å². The van der Waals surface area contributed by atoms with Crippen LogP contribution in [0.25, 0.3) is 0 Å². The lowest BCUT2D eigenvalue weighted by molar-refractivity contribution is -0.124. The topological polar surface area (TPSA) is 49.4 Å². The third-order valence-corrected chi connectivity index (χ3v) is 3.78. The number of nitrogens with one attached hydrogen (secondary N) is 1. The minimum Gasteiger partial charge on any atom is -0.324 e. The molecule has 4 nitrogen and oxygen atoms in total. The highest BCUT2D eigenvalue weighted by atomic mass is 16.2. The summed E-state index contributed by atoms with van der Waals surface area (Å²) >= 11 is 0. The van der Waals surface area contributed by atoms with E-state index < -0.39 is 5.54 Å². The summed E-state index contributed by atoms with van der Waals surface area (Å²) in [5.41, 5.74) is 0.528. The van der Waals surface area contributed by atoms with E-state index >= 15 is 0 Å². The first kappa shape index (κ1) is 10.3. The first-order valence-electron chi connectivity index (χ1n) is 5.85. The summed E-state index contributed by atoms with van der Waals surface area (Å²) in [7, 11) is 0. The van der Waals surface area contributed by atoms with Gasteiger partial charge < -0.3 is 10.2 Å². The fourth-order valence-electron chi connectivity index (χ4n) is 2.71. The van der Waals surface area contributed by atoms with E-state index in [9.17, 15) is 9.59 Å². The Bertz CT molecular complexity index is 512. The van der Waals surface area contributed by atoms with Gasteiger partial charge in [-0.1, -0.05) is 12.1 Å². The van der Waals surface area contributed by atoms with Crippen molar-refractivity contribution in [2.24, 2.45) is 0 Å². The van der Waals surface area contributed by atoms with Crippen LogP contribution in [0, 0.1) is 0 Å². The lowest BCUT2D eigenvalue weighted by Gasteiger charge is -2.31. The summed E-state index contributed by atoms with van der Waals surface area (Å²) in [4.78, 5) is 26.3. The molecule has 0 aromatic heterocycles.